The molecule has 0 radical (unpaired) electrons. The van der Waals surface area contributed by atoms with E-state index in [4.69, 9.17) is 10.2 Å². The van der Waals surface area contributed by atoms with E-state index in [2.05, 4.69) is 10.3 Å². The molecule has 2 aromatic heterocycles. The van der Waals surface area contributed by atoms with E-state index in [1.165, 1.54) is 6.07 Å². The molecule has 6 heteroatoms. The number of hydrogen-bond acceptors (Lipinski definition) is 4. The molecular weight excluding hydrogens is 342 g/mol. The van der Waals surface area contributed by atoms with Crippen LogP contribution in [0.2, 0.25) is 0 Å². The molecule has 0 spiro atoms. The maximum Gasteiger partial charge on any atom is 0.336 e. The summed E-state index contributed by atoms with van der Waals surface area (Å²) in [4.78, 5) is 27.2. The van der Waals surface area contributed by atoms with Gasteiger partial charge in [-0.2, -0.15) is 0 Å². The van der Waals surface area contributed by atoms with Gasteiger partial charge < -0.3 is 20.5 Å². The van der Waals surface area contributed by atoms with Gasteiger partial charge in [0.2, 0.25) is 5.91 Å². The molecule has 4 N–H and O–H groups in total. The molecule has 1 amide bonds. The van der Waals surface area contributed by atoms with Gasteiger partial charge in [-0.25, -0.2) is 4.79 Å². The van der Waals surface area contributed by atoms with Crippen molar-refractivity contribution >= 4 is 33.5 Å². The Bertz CT molecular complexity index is 1210. The molecular formula is C21H19N3O3. The summed E-state index contributed by atoms with van der Waals surface area (Å²) in [5.41, 5.74) is 9.50. The molecule has 4 aromatic rings. The highest BCUT2D eigenvalue weighted by Gasteiger charge is 2.17. The van der Waals surface area contributed by atoms with Crippen molar-refractivity contribution in [1.29, 1.82) is 0 Å². The van der Waals surface area contributed by atoms with Gasteiger partial charge in [-0.05, 0) is 42.7 Å². The molecule has 2 aromatic carbocycles. The molecule has 0 aliphatic carbocycles. The molecule has 0 saturated carbocycles. The van der Waals surface area contributed by atoms with Gasteiger partial charge in [-0.3, -0.25) is 4.79 Å². The minimum Gasteiger partial charge on any atom is -0.423 e. The van der Waals surface area contributed by atoms with Crippen molar-refractivity contribution in [3.8, 4) is 0 Å². The number of nitrogens with two attached hydrogens (primary N) is 1. The Morgan fingerprint density at radius 1 is 1.19 bits per heavy atom. The van der Waals surface area contributed by atoms with Gasteiger partial charge in [0.1, 0.15) is 5.58 Å². The molecule has 4 rings (SSSR count). The highest BCUT2D eigenvalue weighted by atomic mass is 16.4. The topological polar surface area (TPSA) is 101 Å². The predicted octanol–water partition coefficient (Wildman–Crippen LogP) is 3.09. The third-order valence-corrected chi connectivity index (χ3v) is 4.67. The minimum atomic E-state index is -0.704. The van der Waals surface area contributed by atoms with E-state index in [0.29, 0.717) is 17.7 Å². The summed E-state index contributed by atoms with van der Waals surface area (Å²) in [5.74, 6) is -0.297. The van der Waals surface area contributed by atoms with E-state index in [0.717, 1.165) is 27.4 Å². The van der Waals surface area contributed by atoms with Crippen LogP contribution in [-0.4, -0.2) is 16.9 Å². The quantitative estimate of drug-likeness (QED) is 0.486. The maximum atomic E-state index is 12.5. The molecule has 2 heterocycles. The highest BCUT2D eigenvalue weighted by Crippen LogP contribution is 2.22. The second-order valence-corrected chi connectivity index (χ2v) is 6.62. The van der Waals surface area contributed by atoms with Crippen molar-refractivity contribution in [2.24, 2.45) is 5.73 Å². The lowest BCUT2D eigenvalue weighted by Crippen LogP contribution is -2.37. The molecule has 0 fully saturated rings. The standard InChI is InChI=1S/C21H19N3O3/c1-12-8-20(25)27-19-10-14(6-7-15(12)19)24-21(26)17(22)9-13-11-23-18-5-3-2-4-16(13)18/h2-8,10-11,17,23H,9,22H2,1H3,(H,24,26). The molecule has 1 unspecified atom stereocenters. The third kappa shape index (κ3) is 3.35. The average molecular weight is 361 g/mol. The van der Waals surface area contributed by atoms with Gasteiger partial charge in [0, 0.05) is 40.3 Å². The number of amides is 1. The van der Waals surface area contributed by atoms with Gasteiger partial charge in [-0.1, -0.05) is 18.2 Å². The van der Waals surface area contributed by atoms with Crippen molar-refractivity contribution in [3.63, 3.8) is 0 Å². The van der Waals surface area contributed by atoms with Gasteiger partial charge in [0.25, 0.3) is 0 Å². The van der Waals surface area contributed by atoms with Gasteiger partial charge >= 0.3 is 5.63 Å². The van der Waals surface area contributed by atoms with Crippen LogP contribution in [0.3, 0.4) is 0 Å². The number of aromatic amines is 1. The monoisotopic (exact) mass is 361 g/mol. The summed E-state index contributed by atoms with van der Waals surface area (Å²) in [5, 5.41) is 4.69. The molecule has 1 atom stereocenters. The van der Waals surface area contributed by atoms with Crippen LogP contribution in [0, 0.1) is 6.92 Å². The first-order valence-electron chi connectivity index (χ1n) is 8.67. The number of carbonyl (C=O) groups is 1. The van der Waals surface area contributed by atoms with Crippen molar-refractivity contribution in [1.82, 2.24) is 4.98 Å². The summed E-state index contributed by atoms with van der Waals surface area (Å²) >= 11 is 0. The molecule has 136 valence electrons. The first kappa shape index (κ1) is 17.1. The van der Waals surface area contributed by atoms with Gasteiger partial charge in [0.05, 0.1) is 6.04 Å². The Kier molecular flexibility index (Phi) is 4.25. The second-order valence-electron chi connectivity index (χ2n) is 6.62. The highest BCUT2D eigenvalue weighted by molar-refractivity contribution is 5.97. The SMILES string of the molecule is Cc1cc(=O)oc2cc(NC(=O)C(N)Cc3c[nH]c4ccccc34)ccc12. The Balaban J connectivity index is 1.53. The fourth-order valence-corrected chi connectivity index (χ4v) is 3.27. The van der Waals surface area contributed by atoms with E-state index in [1.807, 2.05) is 43.5 Å². The number of para-hydroxylation sites is 1. The van der Waals surface area contributed by atoms with Crippen LogP contribution in [0.15, 0.2) is 63.9 Å². The lowest BCUT2D eigenvalue weighted by molar-refractivity contribution is -0.117. The first-order valence-corrected chi connectivity index (χ1v) is 8.67. The van der Waals surface area contributed by atoms with Crippen LogP contribution in [-0.2, 0) is 11.2 Å². The van der Waals surface area contributed by atoms with Crippen molar-refractivity contribution < 1.29 is 9.21 Å². The van der Waals surface area contributed by atoms with E-state index >= 15 is 0 Å². The minimum absolute atomic E-state index is 0.297. The van der Waals surface area contributed by atoms with Crippen LogP contribution >= 0.6 is 0 Å². The summed E-state index contributed by atoms with van der Waals surface area (Å²) in [6.07, 6.45) is 2.29. The zero-order valence-electron chi connectivity index (χ0n) is 14.8. The van der Waals surface area contributed by atoms with Gasteiger partial charge in [0.15, 0.2) is 0 Å². The van der Waals surface area contributed by atoms with Gasteiger partial charge in [-0.15, -0.1) is 0 Å². The van der Waals surface area contributed by atoms with Crippen LogP contribution < -0.4 is 16.7 Å². The Morgan fingerprint density at radius 2 is 2.00 bits per heavy atom. The number of aromatic nitrogens is 1. The number of fused-ring (bicyclic) bond motifs is 2. The normalized spacial score (nSPS) is 12.4. The number of carbonyl (C=O) groups excluding carboxylic acids is 1. The largest absolute Gasteiger partial charge is 0.423 e. The first-order chi connectivity index (χ1) is 13.0. The van der Waals surface area contributed by atoms with Crippen molar-refractivity contribution in [3.05, 3.63) is 76.3 Å². The average Bonchev–Trinajstić information content (AvgIpc) is 3.04. The third-order valence-electron chi connectivity index (χ3n) is 4.67. The number of rotatable bonds is 4. The molecule has 0 bridgehead atoms. The Hall–Kier alpha value is -3.38. The number of anilines is 1. The molecule has 6 nitrogen and oxygen atoms in total. The van der Waals surface area contributed by atoms with Crippen LogP contribution in [0.1, 0.15) is 11.1 Å². The van der Waals surface area contributed by atoms with E-state index in [-0.39, 0.29) is 5.91 Å². The molecule has 0 aliphatic heterocycles. The second kappa shape index (κ2) is 6.74. The number of H-pyrrole nitrogens is 1. The van der Waals surface area contributed by atoms with E-state index in [9.17, 15) is 9.59 Å². The van der Waals surface area contributed by atoms with Crippen molar-refractivity contribution in [2.75, 3.05) is 5.32 Å². The number of hydrogen-bond donors (Lipinski definition) is 3. The Morgan fingerprint density at radius 3 is 2.85 bits per heavy atom. The van der Waals surface area contributed by atoms with Crippen LogP contribution in [0.5, 0.6) is 0 Å². The maximum absolute atomic E-state index is 12.5. The summed E-state index contributed by atoms with van der Waals surface area (Å²) < 4.78 is 5.22. The van der Waals surface area contributed by atoms with Crippen molar-refractivity contribution in [2.45, 2.75) is 19.4 Å². The fraction of sp³-hybridized carbons (Fsp3) is 0.143. The number of benzene rings is 2. The summed E-state index contributed by atoms with van der Waals surface area (Å²) in [6, 6.07) is 13.8. The Labute approximate surface area is 155 Å². The van der Waals surface area contributed by atoms with E-state index < -0.39 is 11.7 Å². The molecule has 27 heavy (non-hydrogen) atoms. The summed E-state index contributed by atoms with van der Waals surface area (Å²) in [6.45, 7) is 1.84. The van der Waals surface area contributed by atoms with Crippen LogP contribution in [0.4, 0.5) is 5.69 Å². The van der Waals surface area contributed by atoms with Crippen LogP contribution in [0.25, 0.3) is 21.9 Å². The zero-order chi connectivity index (χ0) is 19.0. The lowest BCUT2D eigenvalue weighted by atomic mass is 10.0. The molecule has 0 aliphatic rings. The summed E-state index contributed by atoms with van der Waals surface area (Å²) in [7, 11) is 0. The van der Waals surface area contributed by atoms with E-state index in [1.54, 1.807) is 12.1 Å². The fourth-order valence-electron chi connectivity index (χ4n) is 3.27. The zero-order valence-corrected chi connectivity index (χ0v) is 14.8. The molecule has 0 saturated heterocycles. The smallest absolute Gasteiger partial charge is 0.336 e. The predicted molar refractivity (Wildman–Crippen MR) is 106 cm³/mol. The number of nitrogens with one attached hydrogen (secondary N) is 2. The number of aryl methyl sites for hydroxylation is 1. The lowest BCUT2D eigenvalue weighted by Gasteiger charge is -2.12.